The molecule has 164 valence electrons. The molecule has 0 fully saturated rings. The standard InChI is InChI=1S/C24H23FN4O3/c1-14(2)27-13-28(29-20(24(27)32)21(30)22(31)23(25)26-29)19-17-9-5-3-7-15(17)11-12-16-8-4-6-10-18(16)19/h3-10,14,19,30H,11-13H2,1-2H3. The highest BCUT2D eigenvalue weighted by molar-refractivity contribution is 5.96. The van der Waals surface area contributed by atoms with E-state index in [1.54, 1.807) is 9.91 Å². The Labute approximate surface area is 184 Å². The molecule has 32 heavy (non-hydrogen) atoms. The highest BCUT2D eigenvalue weighted by Gasteiger charge is 2.40. The van der Waals surface area contributed by atoms with E-state index in [1.165, 1.54) is 0 Å². The van der Waals surface area contributed by atoms with Crippen LogP contribution in [0.2, 0.25) is 0 Å². The molecular formula is C24H23FN4O3. The van der Waals surface area contributed by atoms with Gasteiger partial charge in [0, 0.05) is 6.04 Å². The fourth-order valence-electron chi connectivity index (χ4n) is 4.67. The van der Waals surface area contributed by atoms with Crippen LogP contribution in [0, 0.1) is 5.95 Å². The third-order valence-corrected chi connectivity index (χ3v) is 6.30. The molecule has 0 saturated carbocycles. The summed E-state index contributed by atoms with van der Waals surface area (Å²) < 4.78 is 14.4. The number of fused-ring (bicyclic) bond motifs is 3. The van der Waals surface area contributed by atoms with E-state index in [0.29, 0.717) is 0 Å². The van der Waals surface area contributed by atoms with Gasteiger partial charge in [-0.15, -0.1) is 5.10 Å². The zero-order valence-corrected chi connectivity index (χ0v) is 17.8. The fraction of sp³-hybridized carbons (Fsp3) is 0.292. The van der Waals surface area contributed by atoms with E-state index < -0.39 is 29.1 Å². The lowest BCUT2D eigenvalue weighted by Gasteiger charge is -2.44. The quantitative estimate of drug-likeness (QED) is 0.671. The van der Waals surface area contributed by atoms with Gasteiger partial charge < -0.3 is 10.0 Å². The number of aromatic hydroxyl groups is 1. The van der Waals surface area contributed by atoms with Crippen molar-refractivity contribution >= 4 is 5.91 Å². The highest BCUT2D eigenvalue weighted by Crippen LogP contribution is 2.38. The van der Waals surface area contributed by atoms with Crippen LogP contribution < -0.4 is 10.4 Å². The first-order valence-electron chi connectivity index (χ1n) is 10.6. The predicted octanol–water partition coefficient (Wildman–Crippen LogP) is 2.74. The van der Waals surface area contributed by atoms with Crippen LogP contribution in [-0.4, -0.2) is 38.5 Å². The van der Waals surface area contributed by atoms with E-state index in [9.17, 15) is 19.1 Å². The zero-order valence-electron chi connectivity index (χ0n) is 17.8. The summed E-state index contributed by atoms with van der Waals surface area (Å²) in [6.45, 7) is 3.82. The molecule has 1 amide bonds. The second kappa shape index (κ2) is 7.47. The van der Waals surface area contributed by atoms with Crippen LogP contribution in [-0.2, 0) is 12.8 Å². The van der Waals surface area contributed by atoms with E-state index in [1.807, 2.05) is 50.2 Å². The Morgan fingerprint density at radius 2 is 1.56 bits per heavy atom. The fourth-order valence-corrected chi connectivity index (χ4v) is 4.67. The van der Waals surface area contributed by atoms with E-state index in [4.69, 9.17) is 0 Å². The lowest BCUT2D eigenvalue weighted by Crippen LogP contribution is -2.58. The summed E-state index contributed by atoms with van der Waals surface area (Å²) in [6, 6.07) is 15.5. The molecule has 2 aliphatic rings. The first kappa shape index (κ1) is 20.2. The number of benzene rings is 2. The molecule has 0 radical (unpaired) electrons. The number of carbonyl (C=O) groups is 1. The number of aryl methyl sites for hydroxylation is 2. The molecule has 1 N–H and O–H groups in total. The first-order chi connectivity index (χ1) is 15.4. The van der Waals surface area contributed by atoms with Gasteiger partial charge in [0.1, 0.15) is 6.67 Å². The summed E-state index contributed by atoms with van der Waals surface area (Å²) in [5.74, 6) is -2.83. The first-order valence-corrected chi connectivity index (χ1v) is 10.6. The summed E-state index contributed by atoms with van der Waals surface area (Å²) in [4.78, 5) is 27.9. The van der Waals surface area contributed by atoms with Crippen LogP contribution >= 0.6 is 0 Å². The van der Waals surface area contributed by atoms with Crippen LogP contribution in [0.25, 0.3) is 0 Å². The molecular weight excluding hydrogens is 411 g/mol. The molecule has 0 bridgehead atoms. The third kappa shape index (κ3) is 2.97. The van der Waals surface area contributed by atoms with Gasteiger partial charge in [0.25, 0.3) is 17.3 Å². The van der Waals surface area contributed by atoms with Crippen molar-refractivity contribution in [2.75, 3.05) is 11.7 Å². The Hall–Kier alpha value is -3.68. The van der Waals surface area contributed by atoms with Gasteiger partial charge in [-0.1, -0.05) is 48.5 Å². The van der Waals surface area contributed by atoms with Gasteiger partial charge in [0.15, 0.2) is 5.69 Å². The Balaban J connectivity index is 1.81. The molecule has 5 rings (SSSR count). The summed E-state index contributed by atoms with van der Waals surface area (Å²) in [6.07, 6.45) is 1.68. The van der Waals surface area contributed by atoms with E-state index in [-0.39, 0.29) is 18.4 Å². The number of hydrogen-bond acceptors (Lipinski definition) is 5. The molecule has 2 aromatic carbocycles. The second-order valence-corrected chi connectivity index (χ2v) is 8.46. The van der Waals surface area contributed by atoms with Crippen molar-refractivity contribution in [3.63, 3.8) is 0 Å². The van der Waals surface area contributed by atoms with Crippen molar-refractivity contribution in [1.29, 1.82) is 0 Å². The number of rotatable bonds is 2. The largest absolute Gasteiger partial charge is 0.502 e. The SMILES string of the molecule is CC(C)N1CN(C2c3ccccc3CCc3ccccc32)n2nc(F)c(=O)c(O)c2C1=O. The smallest absolute Gasteiger partial charge is 0.284 e. The van der Waals surface area contributed by atoms with E-state index >= 15 is 0 Å². The van der Waals surface area contributed by atoms with Crippen LogP contribution in [0.15, 0.2) is 53.3 Å². The van der Waals surface area contributed by atoms with Gasteiger partial charge in [0.05, 0.1) is 6.04 Å². The Bertz CT molecular complexity index is 1240. The number of aromatic nitrogens is 2. The predicted molar refractivity (Wildman–Crippen MR) is 117 cm³/mol. The maximum Gasteiger partial charge on any atom is 0.284 e. The average Bonchev–Trinajstić information content (AvgIpc) is 2.94. The van der Waals surface area contributed by atoms with Gasteiger partial charge in [-0.3, -0.25) is 14.6 Å². The van der Waals surface area contributed by atoms with Crippen LogP contribution in [0.5, 0.6) is 5.75 Å². The Morgan fingerprint density at radius 3 is 2.12 bits per heavy atom. The minimum Gasteiger partial charge on any atom is -0.502 e. The van der Waals surface area contributed by atoms with Crippen molar-refractivity contribution in [3.05, 3.63) is 92.6 Å². The molecule has 2 heterocycles. The van der Waals surface area contributed by atoms with Crippen LogP contribution in [0.1, 0.15) is 52.6 Å². The monoisotopic (exact) mass is 434 g/mol. The average molecular weight is 434 g/mol. The van der Waals surface area contributed by atoms with Crippen molar-refractivity contribution in [3.8, 4) is 5.75 Å². The van der Waals surface area contributed by atoms with Gasteiger partial charge >= 0.3 is 0 Å². The molecule has 0 unspecified atom stereocenters. The molecule has 1 aliphatic heterocycles. The van der Waals surface area contributed by atoms with Gasteiger partial charge in [-0.2, -0.15) is 9.18 Å². The minimum atomic E-state index is -1.35. The maximum absolute atomic E-state index is 14.4. The van der Waals surface area contributed by atoms with Crippen molar-refractivity contribution in [2.24, 2.45) is 0 Å². The number of halogens is 1. The zero-order chi connectivity index (χ0) is 22.6. The number of amides is 1. The summed E-state index contributed by atoms with van der Waals surface area (Å²) in [5, 5.41) is 16.0. The van der Waals surface area contributed by atoms with Crippen molar-refractivity contribution in [2.45, 2.75) is 38.8 Å². The highest BCUT2D eigenvalue weighted by atomic mass is 19.1. The molecule has 1 aromatic heterocycles. The molecule has 3 aromatic rings. The lowest BCUT2D eigenvalue weighted by atomic mass is 9.94. The van der Waals surface area contributed by atoms with E-state index in [0.717, 1.165) is 39.9 Å². The number of carbonyl (C=O) groups excluding carboxylic acids is 1. The topological polar surface area (TPSA) is 78.7 Å². The van der Waals surface area contributed by atoms with Crippen molar-refractivity contribution < 1.29 is 14.3 Å². The molecule has 0 atom stereocenters. The number of nitrogens with zero attached hydrogens (tertiary/aromatic N) is 4. The normalized spacial score (nSPS) is 15.9. The summed E-state index contributed by atoms with van der Waals surface area (Å²) in [5.41, 5.74) is 2.72. The second-order valence-electron chi connectivity index (χ2n) is 8.46. The van der Waals surface area contributed by atoms with Gasteiger partial charge in [-0.25, -0.2) is 0 Å². The third-order valence-electron chi connectivity index (χ3n) is 6.30. The Morgan fingerprint density at radius 1 is 1.00 bits per heavy atom. The maximum atomic E-state index is 14.4. The molecule has 7 nitrogen and oxygen atoms in total. The lowest BCUT2D eigenvalue weighted by molar-refractivity contribution is 0.0605. The summed E-state index contributed by atoms with van der Waals surface area (Å²) >= 11 is 0. The molecule has 1 aliphatic carbocycles. The van der Waals surface area contributed by atoms with Crippen molar-refractivity contribution in [1.82, 2.24) is 14.8 Å². The van der Waals surface area contributed by atoms with Crippen LogP contribution in [0.4, 0.5) is 4.39 Å². The minimum absolute atomic E-state index is 0.117. The summed E-state index contributed by atoms with van der Waals surface area (Å²) in [7, 11) is 0. The van der Waals surface area contributed by atoms with Crippen LogP contribution in [0.3, 0.4) is 0 Å². The Kier molecular flexibility index (Phi) is 4.73. The van der Waals surface area contributed by atoms with Gasteiger partial charge in [-0.05, 0) is 48.9 Å². The van der Waals surface area contributed by atoms with Gasteiger partial charge in [0.2, 0.25) is 5.75 Å². The van der Waals surface area contributed by atoms with E-state index in [2.05, 4.69) is 17.2 Å². The number of hydrogen-bond donors (Lipinski definition) is 1. The molecule has 8 heteroatoms. The molecule has 0 saturated heterocycles. The molecule has 0 spiro atoms.